The molecular formula is C23H27N5O2. The van der Waals surface area contributed by atoms with Crippen molar-refractivity contribution in [2.45, 2.75) is 51.9 Å². The topological polar surface area (TPSA) is 81.9 Å². The lowest BCUT2D eigenvalue weighted by Gasteiger charge is -2.21. The third-order valence-electron chi connectivity index (χ3n) is 5.45. The standard InChI is InChI=1S/C23H27N5O2/c1-17-15-16-28(27-17)21-12-14-23(26-25-21)30-20-10-8-19(9-11-20)24-22(29)13-7-18-5-3-2-4-6-18/h8-12,14-16,18H,2-7,13H2,1H3,(H,24,29). The van der Waals surface area contributed by atoms with Crippen molar-refractivity contribution in [2.24, 2.45) is 5.92 Å². The molecule has 0 bridgehead atoms. The van der Waals surface area contributed by atoms with Gasteiger partial charge < -0.3 is 10.1 Å². The van der Waals surface area contributed by atoms with E-state index in [2.05, 4.69) is 20.6 Å². The predicted molar refractivity (Wildman–Crippen MR) is 115 cm³/mol. The number of nitrogens with zero attached hydrogens (tertiary/aromatic N) is 4. The number of amides is 1. The number of aryl methyl sites for hydroxylation is 1. The van der Waals surface area contributed by atoms with Crippen LogP contribution in [-0.4, -0.2) is 25.9 Å². The second-order valence-corrected chi connectivity index (χ2v) is 7.85. The van der Waals surface area contributed by atoms with Crippen LogP contribution < -0.4 is 10.1 Å². The molecule has 0 spiro atoms. The number of hydrogen-bond acceptors (Lipinski definition) is 5. The molecule has 1 fully saturated rings. The molecule has 0 unspecified atom stereocenters. The van der Waals surface area contributed by atoms with Gasteiger partial charge >= 0.3 is 0 Å². The van der Waals surface area contributed by atoms with Crippen LogP contribution in [0.5, 0.6) is 11.6 Å². The lowest BCUT2D eigenvalue weighted by Crippen LogP contribution is -2.14. The first-order chi connectivity index (χ1) is 14.7. The maximum atomic E-state index is 12.2. The van der Waals surface area contributed by atoms with E-state index in [9.17, 15) is 4.79 Å². The fraction of sp³-hybridized carbons (Fsp3) is 0.391. The van der Waals surface area contributed by atoms with E-state index in [0.717, 1.165) is 17.8 Å². The lowest BCUT2D eigenvalue weighted by atomic mass is 9.86. The Morgan fingerprint density at radius 1 is 1.07 bits per heavy atom. The molecule has 2 aromatic heterocycles. The maximum absolute atomic E-state index is 12.2. The van der Waals surface area contributed by atoms with Crippen molar-refractivity contribution < 1.29 is 9.53 Å². The predicted octanol–water partition coefficient (Wildman–Crippen LogP) is 5.06. The van der Waals surface area contributed by atoms with E-state index < -0.39 is 0 Å². The summed E-state index contributed by atoms with van der Waals surface area (Å²) in [6.45, 7) is 1.92. The number of ether oxygens (including phenoxy) is 1. The average molecular weight is 406 g/mol. The molecule has 7 heteroatoms. The number of carbonyl (C=O) groups is 1. The van der Waals surface area contributed by atoms with E-state index in [1.807, 2.05) is 43.5 Å². The fourth-order valence-electron chi connectivity index (χ4n) is 3.79. The van der Waals surface area contributed by atoms with Gasteiger partial charge in [-0.2, -0.15) is 5.10 Å². The Bertz CT molecular complexity index is 960. The molecule has 2 heterocycles. The van der Waals surface area contributed by atoms with Gasteiger partial charge in [0.1, 0.15) is 5.75 Å². The minimum Gasteiger partial charge on any atom is -0.438 e. The van der Waals surface area contributed by atoms with Crippen molar-refractivity contribution in [1.82, 2.24) is 20.0 Å². The molecule has 1 saturated carbocycles. The largest absolute Gasteiger partial charge is 0.438 e. The van der Waals surface area contributed by atoms with Crippen LogP contribution in [0.25, 0.3) is 5.82 Å². The normalized spacial score (nSPS) is 14.4. The molecule has 0 atom stereocenters. The summed E-state index contributed by atoms with van der Waals surface area (Å²) in [4.78, 5) is 12.2. The zero-order valence-corrected chi connectivity index (χ0v) is 17.3. The van der Waals surface area contributed by atoms with E-state index in [1.165, 1.54) is 32.1 Å². The lowest BCUT2D eigenvalue weighted by molar-refractivity contribution is -0.116. The van der Waals surface area contributed by atoms with Gasteiger partial charge in [0, 0.05) is 24.4 Å². The molecule has 1 aliphatic rings. The van der Waals surface area contributed by atoms with E-state index in [4.69, 9.17) is 4.74 Å². The summed E-state index contributed by atoms with van der Waals surface area (Å²) in [6.07, 6.45) is 9.91. The maximum Gasteiger partial charge on any atom is 0.238 e. The first kappa shape index (κ1) is 20.1. The zero-order valence-electron chi connectivity index (χ0n) is 17.3. The van der Waals surface area contributed by atoms with Crippen LogP contribution in [0.4, 0.5) is 5.69 Å². The number of rotatable bonds is 7. The molecular weight excluding hydrogens is 378 g/mol. The summed E-state index contributed by atoms with van der Waals surface area (Å²) < 4.78 is 7.41. The average Bonchev–Trinajstić information content (AvgIpc) is 3.21. The Morgan fingerprint density at radius 2 is 1.87 bits per heavy atom. The fourth-order valence-corrected chi connectivity index (χ4v) is 3.79. The molecule has 0 aliphatic heterocycles. The van der Waals surface area contributed by atoms with Gasteiger partial charge in [0.05, 0.1) is 5.69 Å². The number of anilines is 1. The summed E-state index contributed by atoms with van der Waals surface area (Å²) in [5.74, 6) is 2.44. The summed E-state index contributed by atoms with van der Waals surface area (Å²) in [5, 5.41) is 15.5. The van der Waals surface area contributed by atoms with Crippen LogP contribution in [0.1, 0.15) is 50.6 Å². The quantitative estimate of drug-likeness (QED) is 0.594. The van der Waals surface area contributed by atoms with Crippen molar-refractivity contribution in [1.29, 1.82) is 0 Å². The van der Waals surface area contributed by atoms with E-state index in [-0.39, 0.29) is 5.91 Å². The highest BCUT2D eigenvalue weighted by atomic mass is 16.5. The van der Waals surface area contributed by atoms with Gasteiger partial charge in [0.25, 0.3) is 0 Å². The molecule has 30 heavy (non-hydrogen) atoms. The third kappa shape index (κ3) is 5.43. The van der Waals surface area contributed by atoms with Crippen LogP contribution >= 0.6 is 0 Å². The molecule has 1 amide bonds. The van der Waals surface area contributed by atoms with Crippen LogP contribution in [0, 0.1) is 12.8 Å². The molecule has 1 aliphatic carbocycles. The number of aromatic nitrogens is 4. The van der Waals surface area contributed by atoms with Crippen molar-refractivity contribution in [2.75, 3.05) is 5.32 Å². The van der Waals surface area contributed by atoms with Crippen molar-refractivity contribution in [3.63, 3.8) is 0 Å². The monoisotopic (exact) mass is 405 g/mol. The Kier molecular flexibility index (Phi) is 6.37. The Hall–Kier alpha value is -3.22. The Balaban J connectivity index is 1.27. The van der Waals surface area contributed by atoms with Gasteiger partial charge in [-0.25, -0.2) is 4.68 Å². The van der Waals surface area contributed by atoms with E-state index in [0.29, 0.717) is 29.8 Å². The highest BCUT2D eigenvalue weighted by Crippen LogP contribution is 2.27. The molecule has 156 valence electrons. The van der Waals surface area contributed by atoms with Crippen LogP contribution in [-0.2, 0) is 4.79 Å². The zero-order chi connectivity index (χ0) is 20.8. The molecule has 0 radical (unpaired) electrons. The summed E-state index contributed by atoms with van der Waals surface area (Å²) in [5.41, 5.74) is 1.68. The highest BCUT2D eigenvalue weighted by Gasteiger charge is 2.15. The SMILES string of the molecule is Cc1ccn(-c2ccc(Oc3ccc(NC(=O)CCC4CCCCC4)cc3)nn2)n1. The minimum absolute atomic E-state index is 0.0737. The van der Waals surface area contributed by atoms with E-state index in [1.54, 1.807) is 16.8 Å². The Morgan fingerprint density at radius 3 is 2.53 bits per heavy atom. The van der Waals surface area contributed by atoms with Crippen LogP contribution in [0.2, 0.25) is 0 Å². The summed E-state index contributed by atoms with van der Waals surface area (Å²) >= 11 is 0. The Labute approximate surface area is 176 Å². The van der Waals surface area contributed by atoms with Gasteiger partial charge in [0.15, 0.2) is 5.82 Å². The second-order valence-electron chi connectivity index (χ2n) is 7.85. The van der Waals surface area contributed by atoms with Gasteiger partial charge in [-0.15, -0.1) is 10.2 Å². The number of nitrogens with one attached hydrogen (secondary N) is 1. The second kappa shape index (κ2) is 9.52. The summed E-state index contributed by atoms with van der Waals surface area (Å²) in [6, 6.07) is 12.7. The van der Waals surface area contributed by atoms with Gasteiger partial charge in [-0.05, 0) is 55.7 Å². The highest BCUT2D eigenvalue weighted by molar-refractivity contribution is 5.90. The molecule has 1 N–H and O–H groups in total. The number of carbonyl (C=O) groups excluding carboxylic acids is 1. The van der Waals surface area contributed by atoms with E-state index >= 15 is 0 Å². The first-order valence-electron chi connectivity index (χ1n) is 10.6. The van der Waals surface area contributed by atoms with Gasteiger partial charge in [-0.3, -0.25) is 4.79 Å². The van der Waals surface area contributed by atoms with Crippen molar-refractivity contribution in [3.8, 4) is 17.4 Å². The number of benzene rings is 1. The van der Waals surface area contributed by atoms with Crippen LogP contribution in [0.15, 0.2) is 48.7 Å². The van der Waals surface area contributed by atoms with Gasteiger partial charge in [0.2, 0.25) is 11.8 Å². The van der Waals surface area contributed by atoms with Crippen LogP contribution in [0.3, 0.4) is 0 Å². The smallest absolute Gasteiger partial charge is 0.238 e. The third-order valence-corrected chi connectivity index (χ3v) is 5.45. The molecule has 7 nitrogen and oxygen atoms in total. The number of hydrogen-bond donors (Lipinski definition) is 1. The molecule has 0 saturated heterocycles. The van der Waals surface area contributed by atoms with Crippen molar-refractivity contribution >= 4 is 11.6 Å². The molecule has 3 aromatic rings. The van der Waals surface area contributed by atoms with Crippen molar-refractivity contribution in [3.05, 3.63) is 54.4 Å². The van der Waals surface area contributed by atoms with Gasteiger partial charge in [-0.1, -0.05) is 32.1 Å². The summed E-state index contributed by atoms with van der Waals surface area (Å²) in [7, 11) is 0. The minimum atomic E-state index is 0.0737. The molecule has 1 aromatic carbocycles. The molecule has 4 rings (SSSR count). The first-order valence-corrected chi connectivity index (χ1v) is 10.6.